The molecule has 1 aromatic carbocycles. The van der Waals surface area contributed by atoms with E-state index in [1.807, 2.05) is 54.7 Å². The van der Waals surface area contributed by atoms with Gasteiger partial charge in [-0.25, -0.2) is 4.98 Å². The van der Waals surface area contributed by atoms with Crippen molar-refractivity contribution in [1.29, 1.82) is 0 Å². The standard InChI is InChI=1S/C32H35N3O/c1-22(2)25-19-18-23(3)21-30(25)36-31-17-10-16-29(35-31)32(27-13-7-8-20-33-27)28-15-9-14-26(34-28)24-11-5-4-6-12-24/h4-17,20,22-23,25,30,32H,18-19,21H2,1-3H3/t23-,25+,30-,32?/m1/s1. The number of pyridine rings is 3. The zero-order valence-corrected chi connectivity index (χ0v) is 21.4. The van der Waals surface area contributed by atoms with Gasteiger partial charge in [0.05, 0.1) is 28.7 Å². The van der Waals surface area contributed by atoms with Gasteiger partial charge in [-0.1, -0.05) is 75.7 Å². The molecule has 1 aliphatic carbocycles. The quantitative estimate of drug-likeness (QED) is 0.276. The van der Waals surface area contributed by atoms with Gasteiger partial charge in [0.2, 0.25) is 5.88 Å². The first-order chi connectivity index (χ1) is 17.6. The van der Waals surface area contributed by atoms with Crippen LogP contribution in [0.4, 0.5) is 0 Å². The first-order valence-electron chi connectivity index (χ1n) is 13.2. The molecule has 0 spiro atoms. The van der Waals surface area contributed by atoms with E-state index in [1.165, 1.54) is 12.8 Å². The van der Waals surface area contributed by atoms with E-state index in [-0.39, 0.29) is 12.0 Å². The summed E-state index contributed by atoms with van der Waals surface area (Å²) < 4.78 is 6.60. The summed E-state index contributed by atoms with van der Waals surface area (Å²) in [6.07, 6.45) is 5.61. The molecule has 0 amide bonds. The Morgan fingerprint density at radius 3 is 2.22 bits per heavy atom. The summed E-state index contributed by atoms with van der Waals surface area (Å²) >= 11 is 0. The van der Waals surface area contributed by atoms with Crippen molar-refractivity contribution in [2.75, 3.05) is 0 Å². The molecule has 0 bridgehead atoms. The van der Waals surface area contributed by atoms with Crippen LogP contribution in [0.15, 0.2) is 91.1 Å². The lowest BCUT2D eigenvalue weighted by Crippen LogP contribution is -2.36. The van der Waals surface area contributed by atoms with Gasteiger partial charge in [-0.3, -0.25) is 9.97 Å². The summed E-state index contributed by atoms with van der Waals surface area (Å²) in [5, 5.41) is 0. The molecule has 4 nitrogen and oxygen atoms in total. The molecule has 36 heavy (non-hydrogen) atoms. The molecule has 1 unspecified atom stereocenters. The third-order valence-corrected chi connectivity index (χ3v) is 7.39. The normalized spacial score (nSPS) is 20.7. The maximum Gasteiger partial charge on any atom is 0.213 e. The molecule has 0 radical (unpaired) electrons. The molecular formula is C32H35N3O. The molecule has 184 valence electrons. The zero-order chi connectivity index (χ0) is 24.9. The van der Waals surface area contributed by atoms with Crippen molar-refractivity contribution in [2.24, 2.45) is 17.8 Å². The highest BCUT2D eigenvalue weighted by Gasteiger charge is 2.33. The van der Waals surface area contributed by atoms with Gasteiger partial charge in [0.1, 0.15) is 6.10 Å². The molecule has 4 aromatic rings. The molecule has 5 rings (SSSR count). The minimum Gasteiger partial charge on any atom is -0.474 e. The summed E-state index contributed by atoms with van der Waals surface area (Å²) in [4.78, 5) is 14.8. The van der Waals surface area contributed by atoms with Crippen LogP contribution in [0, 0.1) is 17.8 Å². The Morgan fingerprint density at radius 1 is 0.750 bits per heavy atom. The SMILES string of the molecule is CC(C)[C@@H]1CC[C@@H](C)C[C@H]1Oc1cccc(C(c2ccccn2)c2cccc(-c3ccccc3)n2)n1. The van der Waals surface area contributed by atoms with Gasteiger partial charge < -0.3 is 4.74 Å². The molecule has 3 aromatic heterocycles. The Balaban J connectivity index is 1.51. The van der Waals surface area contributed by atoms with E-state index >= 15 is 0 Å². The maximum atomic E-state index is 6.60. The predicted molar refractivity (Wildman–Crippen MR) is 145 cm³/mol. The molecule has 4 atom stereocenters. The molecule has 1 aliphatic rings. The Hall–Kier alpha value is -3.53. The summed E-state index contributed by atoms with van der Waals surface area (Å²) in [6, 6.07) is 28.6. The van der Waals surface area contributed by atoms with Gasteiger partial charge in [0, 0.05) is 17.8 Å². The van der Waals surface area contributed by atoms with Crippen LogP contribution in [0.3, 0.4) is 0 Å². The fourth-order valence-electron chi connectivity index (χ4n) is 5.45. The molecule has 1 fully saturated rings. The third-order valence-electron chi connectivity index (χ3n) is 7.39. The number of hydrogen-bond donors (Lipinski definition) is 0. The van der Waals surface area contributed by atoms with E-state index in [2.05, 4.69) is 57.2 Å². The first-order valence-corrected chi connectivity index (χ1v) is 13.2. The maximum absolute atomic E-state index is 6.60. The van der Waals surface area contributed by atoms with Crippen molar-refractivity contribution in [2.45, 2.75) is 52.1 Å². The monoisotopic (exact) mass is 477 g/mol. The number of nitrogens with zero attached hydrogens (tertiary/aromatic N) is 3. The van der Waals surface area contributed by atoms with E-state index in [0.717, 1.165) is 34.8 Å². The van der Waals surface area contributed by atoms with Crippen LogP contribution in [0.5, 0.6) is 5.88 Å². The van der Waals surface area contributed by atoms with E-state index in [9.17, 15) is 0 Å². The summed E-state index contributed by atoms with van der Waals surface area (Å²) in [5.41, 5.74) is 4.78. The van der Waals surface area contributed by atoms with Crippen molar-refractivity contribution in [3.8, 4) is 17.1 Å². The van der Waals surface area contributed by atoms with Crippen LogP contribution >= 0.6 is 0 Å². The lowest BCUT2D eigenvalue weighted by molar-refractivity contribution is 0.0425. The smallest absolute Gasteiger partial charge is 0.213 e. The van der Waals surface area contributed by atoms with Crippen LogP contribution in [0.1, 0.15) is 63.0 Å². The third kappa shape index (κ3) is 5.48. The van der Waals surface area contributed by atoms with Crippen molar-refractivity contribution in [3.63, 3.8) is 0 Å². The Kier molecular flexibility index (Phi) is 7.41. The molecule has 0 N–H and O–H groups in total. The van der Waals surface area contributed by atoms with Crippen LogP contribution in [-0.2, 0) is 0 Å². The van der Waals surface area contributed by atoms with Gasteiger partial charge in [-0.2, -0.15) is 0 Å². The molecule has 1 saturated carbocycles. The number of rotatable bonds is 7. The highest BCUT2D eigenvalue weighted by atomic mass is 16.5. The van der Waals surface area contributed by atoms with E-state index in [4.69, 9.17) is 19.7 Å². The average Bonchev–Trinajstić information content (AvgIpc) is 2.90. The lowest BCUT2D eigenvalue weighted by Gasteiger charge is -2.37. The second kappa shape index (κ2) is 11.0. The minimum absolute atomic E-state index is 0.190. The Bertz CT molecular complexity index is 1260. The Morgan fingerprint density at radius 2 is 1.47 bits per heavy atom. The number of hydrogen-bond acceptors (Lipinski definition) is 4. The van der Waals surface area contributed by atoms with Gasteiger partial charge in [0.25, 0.3) is 0 Å². The van der Waals surface area contributed by atoms with E-state index in [1.54, 1.807) is 0 Å². The average molecular weight is 478 g/mol. The minimum atomic E-state index is -0.190. The molecule has 3 heterocycles. The predicted octanol–water partition coefficient (Wildman–Crippen LogP) is 7.56. The topological polar surface area (TPSA) is 47.9 Å². The fraction of sp³-hybridized carbons (Fsp3) is 0.344. The largest absolute Gasteiger partial charge is 0.474 e. The zero-order valence-electron chi connectivity index (χ0n) is 21.4. The van der Waals surface area contributed by atoms with Crippen molar-refractivity contribution >= 4 is 0 Å². The fourth-order valence-corrected chi connectivity index (χ4v) is 5.45. The second-order valence-electron chi connectivity index (χ2n) is 10.4. The Labute approximate surface area is 214 Å². The number of aromatic nitrogens is 3. The molecule has 0 saturated heterocycles. The summed E-state index contributed by atoms with van der Waals surface area (Å²) in [6.45, 7) is 6.95. The molecule has 4 heteroatoms. The first kappa shape index (κ1) is 24.2. The van der Waals surface area contributed by atoms with Crippen LogP contribution in [0.2, 0.25) is 0 Å². The van der Waals surface area contributed by atoms with Crippen LogP contribution in [0.25, 0.3) is 11.3 Å². The van der Waals surface area contributed by atoms with Gasteiger partial charge in [-0.15, -0.1) is 0 Å². The van der Waals surface area contributed by atoms with Crippen LogP contribution < -0.4 is 4.74 Å². The highest BCUT2D eigenvalue weighted by molar-refractivity contribution is 5.59. The van der Waals surface area contributed by atoms with E-state index in [0.29, 0.717) is 23.6 Å². The highest BCUT2D eigenvalue weighted by Crippen LogP contribution is 2.36. The lowest BCUT2D eigenvalue weighted by atomic mass is 9.75. The number of benzene rings is 1. The number of ether oxygens (including phenoxy) is 1. The van der Waals surface area contributed by atoms with E-state index < -0.39 is 0 Å². The van der Waals surface area contributed by atoms with Crippen molar-refractivity contribution in [1.82, 2.24) is 15.0 Å². The molecule has 0 aliphatic heterocycles. The van der Waals surface area contributed by atoms with Gasteiger partial charge in [0.15, 0.2) is 0 Å². The summed E-state index contributed by atoms with van der Waals surface area (Å²) in [5.74, 6) is 2.33. The molecular weight excluding hydrogens is 442 g/mol. The van der Waals surface area contributed by atoms with Crippen molar-refractivity contribution in [3.05, 3.63) is 108 Å². The van der Waals surface area contributed by atoms with Gasteiger partial charge in [-0.05, 0) is 60.9 Å². The summed E-state index contributed by atoms with van der Waals surface area (Å²) in [7, 11) is 0. The van der Waals surface area contributed by atoms with Gasteiger partial charge >= 0.3 is 0 Å². The van der Waals surface area contributed by atoms with Crippen LogP contribution in [-0.4, -0.2) is 21.1 Å². The van der Waals surface area contributed by atoms with Crippen molar-refractivity contribution < 1.29 is 4.74 Å². The second-order valence-corrected chi connectivity index (χ2v) is 10.4.